The van der Waals surface area contributed by atoms with E-state index in [1.807, 2.05) is 36.4 Å². The summed E-state index contributed by atoms with van der Waals surface area (Å²) in [5.74, 6) is 1.58. The van der Waals surface area contributed by atoms with Crippen LogP contribution in [0.4, 0.5) is 0 Å². The molecule has 0 atom stereocenters. The third-order valence-corrected chi connectivity index (χ3v) is 7.20. The molecular weight excluding hydrogens is 562 g/mol. The third kappa shape index (κ3) is 3.36. The van der Waals surface area contributed by atoms with Crippen molar-refractivity contribution in [3.63, 3.8) is 0 Å². The number of aromatic amines is 1. The van der Waals surface area contributed by atoms with Gasteiger partial charge in [0.05, 0.1) is 19.1 Å². The number of imidazole rings is 1. The fourth-order valence-electron chi connectivity index (χ4n) is 4.45. The van der Waals surface area contributed by atoms with Crippen molar-refractivity contribution < 1.29 is 4.42 Å². The molecule has 168 valence electrons. The highest BCUT2D eigenvalue weighted by Crippen LogP contribution is 2.48. The zero-order valence-electron chi connectivity index (χ0n) is 18.0. The van der Waals surface area contributed by atoms with Gasteiger partial charge in [0.2, 0.25) is 0 Å². The highest BCUT2D eigenvalue weighted by Gasteiger charge is 2.27. The molecule has 1 aliphatic heterocycles. The van der Waals surface area contributed by atoms with Gasteiger partial charge in [-0.1, -0.05) is 31.2 Å². The summed E-state index contributed by atoms with van der Waals surface area (Å²) in [6.45, 7) is 2.70. The standard InChI is InChI=1S/C24H17Br2N7O/c1-2-20-27-18-7-8-19(25)28-24(18)33(20)11-16-13-9-10-34-12-17(13)22(26)21(16)14-5-3-4-6-15(14)23-29-31-32-30-23/h3-10,12H,2,11H2,1H3,(H,29,30,31,32). The Labute approximate surface area is 211 Å². The average molecular weight is 579 g/mol. The molecule has 8 nitrogen and oxygen atoms in total. The van der Waals surface area contributed by atoms with Crippen LogP contribution in [0.15, 0.2) is 68.5 Å². The number of hydrogen-bond donors (Lipinski definition) is 1. The highest BCUT2D eigenvalue weighted by molar-refractivity contribution is 9.11. The minimum Gasteiger partial charge on any atom is -0.472 e. The number of fused-ring (bicyclic) bond motifs is 2. The Kier molecular flexibility index (Phi) is 5.26. The summed E-state index contributed by atoms with van der Waals surface area (Å²) in [5.41, 5.74) is 7.92. The molecule has 0 bridgehead atoms. The fraction of sp³-hybridized carbons (Fsp3) is 0.125. The second kappa shape index (κ2) is 8.44. The molecule has 0 spiro atoms. The van der Waals surface area contributed by atoms with E-state index in [2.05, 4.69) is 70.0 Å². The molecule has 0 saturated heterocycles. The van der Waals surface area contributed by atoms with E-state index in [0.717, 1.165) is 65.9 Å². The van der Waals surface area contributed by atoms with Crippen LogP contribution in [0.5, 0.6) is 0 Å². The molecule has 3 aromatic heterocycles. The van der Waals surface area contributed by atoms with Crippen LogP contribution in [0.25, 0.3) is 44.8 Å². The van der Waals surface area contributed by atoms with Crippen LogP contribution in [0.2, 0.25) is 0 Å². The minimum absolute atomic E-state index is 0.591. The van der Waals surface area contributed by atoms with Gasteiger partial charge in [-0.15, -0.1) is 5.10 Å². The summed E-state index contributed by atoms with van der Waals surface area (Å²) < 4.78 is 9.46. The number of hydrogen-bond acceptors (Lipinski definition) is 6. The Bertz CT molecular complexity index is 1600. The van der Waals surface area contributed by atoms with Crippen LogP contribution >= 0.6 is 31.9 Å². The smallest absolute Gasteiger partial charge is 0.180 e. The van der Waals surface area contributed by atoms with Crippen molar-refractivity contribution in [3.8, 4) is 33.6 Å². The second-order valence-electron chi connectivity index (χ2n) is 7.79. The average Bonchev–Trinajstić information content (AvgIpc) is 3.58. The first-order chi connectivity index (χ1) is 16.7. The molecule has 1 aromatic carbocycles. The SMILES string of the molecule is CCc1nc2ccc(Br)nc2n1Cc1c2ccocc-2c(Br)c1-c1ccccc1-c1nnn[nH]1. The van der Waals surface area contributed by atoms with E-state index in [1.54, 1.807) is 12.5 Å². The first-order valence-corrected chi connectivity index (χ1v) is 12.3. The Morgan fingerprint density at radius 1 is 0.971 bits per heavy atom. The normalized spacial score (nSPS) is 11.6. The molecule has 0 saturated carbocycles. The summed E-state index contributed by atoms with van der Waals surface area (Å²) >= 11 is 7.38. The van der Waals surface area contributed by atoms with Crippen LogP contribution < -0.4 is 0 Å². The zero-order valence-corrected chi connectivity index (χ0v) is 21.1. The van der Waals surface area contributed by atoms with Crippen molar-refractivity contribution in [3.05, 3.63) is 75.5 Å². The van der Waals surface area contributed by atoms with Crippen LogP contribution in [0, 0.1) is 0 Å². The predicted octanol–water partition coefficient (Wildman–Crippen LogP) is 6.11. The third-order valence-electron chi connectivity index (χ3n) is 5.94. The lowest BCUT2D eigenvalue weighted by Gasteiger charge is -2.13. The lowest BCUT2D eigenvalue weighted by atomic mass is 9.97. The first kappa shape index (κ1) is 21.2. The molecule has 0 amide bonds. The monoisotopic (exact) mass is 577 g/mol. The van der Waals surface area contributed by atoms with Crippen molar-refractivity contribution in [2.24, 2.45) is 0 Å². The Hall–Kier alpha value is -3.37. The van der Waals surface area contributed by atoms with E-state index in [9.17, 15) is 0 Å². The zero-order chi connectivity index (χ0) is 23.2. The molecule has 10 heteroatoms. The summed E-state index contributed by atoms with van der Waals surface area (Å²) in [6, 6.07) is 14.0. The van der Waals surface area contributed by atoms with Gasteiger partial charge in [-0.2, -0.15) is 0 Å². The van der Waals surface area contributed by atoms with Crippen molar-refractivity contribution in [2.45, 2.75) is 19.9 Å². The predicted molar refractivity (Wildman–Crippen MR) is 135 cm³/mol. The van der Waals surface area contributed by atoms with Gasteiger partial charge in [-0.3, -0.25) is 0 Å². The van der Waals surface area contributed by atoms with Gasteiger partial charge >= 0.3 is 0 Å². The number of pyridine rings is 1. The van der Waals surface area contributed by atoms with Gasteiger partial charge < -0.3 is 8.98 Å². The molecule has 4 aromatic rings. The van der Waals surface area contributed by atoms with Crippen LogP contribution in [-0.4, -0.2) is 35.2 Å². The number of tetrazole rings is 1. The van der Waals surface area contributed by atoms with Gasteiger partial charge in [0.15, 0.2) is 11.5 Å². The Morgan fingerprint density at radius 2 is 1.82 bits per heavy atom. The molecular formula is C24H17Br2N7O. The molecule has 6 rings (SSSR count). The van der Waals surface area contributed by atoms with Crippen molar-refractivity contribution in [2.75, 3.05) is 0 Å². The van der Waals surface area contributed by atoms with E-state index in [4.69, 9.17) is 14.4 Å². The number of benzene rings is 1. The Morgan fingerprint density at radius 3 is 2.62 bits per heavy atom. The lowest BCUT2D eigenvalue weighted by Crippen LogP contribution is -2.06. The Balaban J connectivity index is 1.63. The van der Waals surface area contributed by atoms with Crippen LogP contribution in [-0.2, 0) is 13.0 Å². The molecule has 0 unspecified atom stereocenters. The summed E-state index contributed by atoms with van der Waals surface area (Å²) in [6.07, 6.45) is 4.27. The second-order valence-corrected chi connectivity index (χ2v) is 9.40. The fourth-order valence-corrected chi connectivity index (χ4v) is 5.51. The minimum atomic E-state index is 0.591. The number of nitrogens with zero attached hydrogens (tertiary/aromatic N) is 6. The van der Waals surface area contributed by atoms with Gasteiger partial charge in [0, 0.05) is 27.6 Å². The maximum absolute atomic E-state index is 5.54. The molecule has 0 fully saturated rings. The van der Waals surface area contributed by atoms with E-state index in [0.29, 0.717) is 12.4 Å². The largest absolute Gasteiger partial charge is 0.472 e. The number of aryl methyl sites for hydroxylation is 1. The lowest BCUT2D eigenvalue weighted by molar-refractivity contribution is 0.551. The molecule has 1 aliphatic carbocycles. The number of nitrogens with one attached hydrogen (secondary N) is 1. The quantitative estimate of drug-likeness (QED) is 0.248. The van der Waals surface area contributed by atoms with E-state index in [-0.39, 0.29) is 0 Å². The number of H-pyrrole nitrogens is 1. The van der Waals surface area contributed by atoms with E-state index >= 15 is 0 Å². The van der Waals surface area contributed by atoms with Gasteiger partial charge in [0.25, 0.3) is 0 Å². The van der Waals surface area contributed by atoms with Gasteiger partial charge in [0.1, 0.15) is 15.9 Å². The summed E-state index contributed by atoms with van der Waals surface area (Å²) in [4.78, 5) is 9.58. The number of aromatic nitrogens is 7. The van der Waals surface area contributed by atoms with Gasteiger partial charge in [-0.05, 0) is 77.2 Å². The molecule has 2 aliphatic rings. The number of halogens is 2. The van der Waals surface area contributed by atoms with Crippen molar-refractivity contribution in [1.82, 2.24) is 35.2 Å². The van der Waals surface area contributed by atoms with E-state index in [1.165, 1.54) is 0 Å². The molecule has 0 radical (unpaired) electrons. The molecule has 1 N–H and O–H groups in total. The molecule has 34 heavy (non-hydrogen) atoms. The maximum atomic E-state index is 5.54. The number of rotatable bonds is 5. The summed E-state index contributed by atoms with van der Waals surface area (Å²) in [7, 11) is 0. The van der Waals surface area contributed by atoms with Crippen LogP contribution in [0.1, 0.15) is 18.3 Å². The highest BCUT2D eigenvalue weighted by atomic mass is 79.9. The topological polar surface area (TPSA) is 98.3 Å². The maximum Gasteiger partial charge on any atom is 0.180 e. The first-order valence-electron chi connectivity index (χ1n) is 10.7. The van der Waals surface area contributed by atoms with Crippen molar-refractivity contribution >= 4 is 43.0 Å². The van der Waals surface area contributed by atoms with Crippen LogP contribution in [0.3, 0.4) is 0 Å². The summed E-state index contributed by atoms with van der Waals surface area (Å²) in [5, 5.41) is 14.6. The van der Waals surface area contributed by atoms with E-state index < -0.39 is 0 Å². The van der Waals surface area contributed by atoms with Crippen molar-refractivity contribution in [1.29, 1.82) is 0 Å². The van der Waals surface area contributed by atoms with Gasteiger partial charge in [-0.25, -0.2) is 15.1 Å². The molecule has 4 heterocycles.